The first kappa shape index (κ1) is 18.4. The van der Waals surface area contributed by atoms with Crippen LogP contribution < -0.4 is 16.8 Å². The van der Waals surface area contributed by atoms with Crippen molar-refractivity contribution in [1.29, 1.82) is 0 Å². The Bertz CT molecular complexity index is 456. The molecule has 0 saturated carbocycles. The van der Waals surface area contributed by atoms with Crippen LogP contribution in [0.3, 0.4) is 0 Å². The highest BCUT2D eigenvalue weighted by Crippen LogP contribution is 2.16. The van der Waals surface area contributed by atoms with E-state index in [-0.39, 0.29) is 18.3 Å². The van der Waals surface area contributed by atoms with E-state index in [9.17, 15) is 9.59 Å². The Morgan fingerprint density at radius 3 is 2.00 bits per heavy atom. The predicted octanol–water partition coefficient (Wildman–Crippen LogP) is 1.34. The summed E-state index contributed by atoms with van der Waals surface area (Å²) in [6, 6.07) is 6.96. The smallest absolute Gasteiger partial charge is 0.252 e. The molecule has 0 atom stereocenters. The van der Waals surface area contributed by atoms with Crippen LogP contribution in [0.2, 0.25) is 0 Å². The highest BCUT2D eigenvalue weighted by Gasteiger charge is 2.34. The van der Waals surface area contributed by atoms with E-state index < -0.39 is 11.4 Å². The third-order valence-electron chi connectivity index (χ3n) is 3.48. The molecule has 0 spiro atoms. The second kappa shape index (κ2) is 7.87. The van der Waals surface area contributed by atoms with Gasteiger partial charge < -0.3 is 16.8 Å². The molecule has 1 aromatic carbocycles. The number of carbonyl (C=O) groups is 2. The van der Waals surface area contributed by atoms with Crippen LogP contribution in [-0.2, 0) is 11.3 Å². The second-order valence-corrected chi connectivity index (χ2v) is 4.51. The Labute approximate surface area is 125 Å². The molecule has 5 nitrogen and oxygen atoms in total. The average Bonchev–Trinajstić information content (AvgIpc) is 2.44. The van der Waals surface area contributed by atoms with Gasteiger partial charge in [-0.2, -0.15) is 0 Å². The molecule has 0 aliphatic rings. The fraction of sp³-hybridized carbons (Fsp3) is 0.429. The van der Waals surface area contributed by atoms with Crippen molar-refractivity contribution in [2.75, 3.05) is 0 Å². The first-order valence-electron chi connectivity index (χ1n) is 6.40. The van der Waals surface area contributed by atoms with Crippen molar-refractivity contribution in [3.63, 3.8) is 0 Å². The number of primary amides is 1. The number of halogens is 1. The highest BCUT2D eigenvalue weighted by molar-refractivity contribution is 5.98. The summed E-state index contributed by atoms with van der Waals surface area (Å²) in [4.78, 5) is 23.7. The lowest BCUT2D eigenvalue weighted by atomic mass is 9.91. The number of hydrogen-bond donors (Lipinski definition) is 3. The van der Waals surface area contributed by atoms with Crippen molar-refractivity contribution in [3.05, 3.63) is 35.4 Å². The van der Waals surface area contributed by atoms with E-state index in [1.165, 1.54) is 0 Å². The Kier molecular flexibility index (Phi) is 7.24. The van der Waals surface area contributed by atoms with Gasteiger partial charge in [0.25, 0.3) is 5.91 Å². The Hall–Kier alpha value is -1.59. The number of nitrogens with one attached hydrogen (secondary N) is 1. The Balaban J connectivity index is 0.00000361. The molecule has 1 rings (SSSR count). The molecule has 0 bridgehead atoms. The molecule has 0 heterocycles. The number of carbonyl (C=O) groups excluding carboxylic acids is 2. The maximum atomic E-state index is 12.1. The van der Waals surface area contributed by atoms with Gasteiger partial charge in [0.15, 0.2) is 0 Å². The van der Waals surface area contributed by atoms with Crippen LogP contribution in [0, 0.1) is 0 Å². The largest absolute Gasteiger partial charge is 0.368 e. The highest BCUT2D eigenvalue weighted by atomic mass is 35.5. The van der Waals surface area contributed by atoms with Crippen LogP contribution in [0.5, 0.6) is 0 Å². The van der Waals surface area contributed by atoms with Gasteiger partial charge in [-0.3, -0.25) is 9.59 Å². The third kappa shape index (κ3) is 3.95. The average molecular weight is 300 g/mol. The van der Waals surface area contributed by atoms with Crippen molar-refractivity contribution in [1.82, 2.24) is 5.32 Å². The van der Waals surface area contributed by atoms with Gasteiger partial charge in [0.2, 0.25) is 5.91 Å². The van der Waals surface area contributed by atoms with Gasteiger partial charge in [-0.15, -0.1) is 12.4 Å². The molecule has 20 heavy (non-hydrogen) atoms. The van der Waals surface area contributed by atoms with Crippen molar-refractivity contribution >= 4 is 24.2 Å². The van der Waals surface area contributed by atoms with Gasteiger partial charge >= 0.3 is 0 Å². The summed E-state index contributed by atoms with van der Waals surface area (Å²) < 4.78 is 0. The first-order chi connectivity index (χ1) is 8.99. The van der Waals surface area contributed by atoms with E-state index in [1.54, 1.807) is 24.3 Å². The predicted molar refractivity (Wildman–Crippen MR) is 81.6 cm³/mol. The Morgan fingerprint density at radius 2 is 1.65 bits per heavy atom. The lowest BCUT2D eigenvalue weighted by molar-refractivity contribution is -0.124. The quantitative estimate of drug-likeness (QED) is 0.739. The zero-order chi connectivity index (χ0) is 14.5. The number of amides is 2. The van der Waals surface area contributed by atoms with E-state index in [1.807, 2.05) is 13.8 Å². The van der Waals surface area contributed by atoms with E-state index >= 15 is 0 Å². The number of hydrogen-bond acceptors (Lipinski definition) is 3. The standard InChI is InChI=1S/C14H21N3O2.ClH/c1-3-14(4-2,13(16)19)17-12(18)11-7-5-10(9-15)6-8-11;/h5-8H,3-4,9,15H2,1-2H3,(H2,16,19)(H,17,18);1H. The molecule has 0 fully saturated rings. The van der Waals surface area contributed by atoms with Crippen molar-refractivity contribution in [2.24, 2.45) is 11.5 Å². The Morgan fingerprint density at radius 1 is 1.15 bits per heavy atom. The SMILES string of the molecule is CCC(CC)(NC(=O)c1ccc(CN)cc1)C(N)=O.Cl. The van der Waals surface area contributed by atoms with Crippen LogP contribution in [0.15, 0.2) is 24.3 Å². The van der Waals surface area contributed by atoms with E-state index in [2.05, 4.69) is 5.32 Å². The molecular weight excluding hydrogens is 278 g/mol. The fourth-order valence-electron chi connectivity index (χ4n) is 1.92. The van der Waals surface area contributed by atoms with E-state index in [0.29, 0.717) is 24.9 Å². The van der Waals surface area contributed by atoms with Crippen LogP contribution in [0.4, 0.5) is 0 Å². The molecule has 2 amide bonds. The topological polar surface area (TPSA) is 98.2 Å². The third-order valence-corrected chi connectivity index (χ3v) is 3.48. The molecule has 0 radical (unpaired) electrons. The summed E-state index contributed by atoms with van der Waals surface area (Å²) in [6.07, 6.45) is 0.927. The van der Waals surface area contributed by atoms with Crippen LogP contribution in [0.25, 0.3) is 0 Å². The first-order valence-corrected chi connectivity index (χ1v) is 6.40. The lowest BCUT2D eigenvalue weighted by Crippen LogP contribution is -2.56. The van der Waals surface area contributed by atoms with Gasteiger partial charge in [-0.1, -0.05) is 26.0 Å². The molecule has 0 unspecified atom stereocenters. The lowest BCUT2D eigenvalue weighted by Gasteiger charge is -2.29. The van der Waals surface area contributed by atoms with E-state index in [0.717, 1.165) is 5.56 Å². The maximum Gasteiger partial charge on any atom is 0.252 e. The van der Waals surface area contributed by atoms with Crippen molar-refractivity contribution in [3.8, 4) is 0 Å². The van der Waals surface area contributed by atoms with Crippen LogP contribution in [-0.4, -0.2) is 17.4 Å². The number of benzene rings is 1. The van der Waals surface area contributed by atoms with Crippen molar-refractivity contribution < 1.29 is 9.59 Å². The number of nitrogens with two attached hydrogens (primary N) is 2. The zero-order valence-corrected chi connectivity index (χ0v) is 12.6. The summed E-state index contributed by atoms with van der Waals surface area (Å²) in [5.41, 5.74) is 11.3. The molecule has 0 aliphatic carbocycles. The number of rotatable bonds is 6. The zero-order valence-electron chi connectivity index (χ0n) is 11.8. The van der Waals surface area contributed by atoms with Gasteiger partial charge in [0, 0.05) is 12.1 Å². The van der Waals surface area contributed by atoms with Crippen LogP contribution >= 0.6 is 12.4 Å². The molecule has 1 aromatic rings. The van der Waals surface area contributed by atoms with Gasteiger partial charge in [0.05, 0.1) is 0 Å². The molecule has 0 saturated heterocycles. The van der Waals surface area contributed by atoms with Gasteiger partial charge in [-0.05, 0) is 30.5 Å². The molecule has 0 aliphatic heterocycles. The summed E-state index contributed by atoms with van der Waals surface area (Å²) >= 11 is 0. The summed E-state index contributed by atoms with van der Waals surface area (Å²) in [6.45, 7) is 4.08. The molecule has 112 valence electrons. The minimum Gasteiger partial charge on any atom is -0.368 e. The van der Waals surface area contributed by atoms with Crippen molar-refractivity contribution in [2.45, 2.75) is 38.8 Å². The monoisotopic (exact) mass is 299 g/mol. The van der Waals surface area contributed by atoms with Gasteiger partial charge in [-0.25, -0.2) is 0 Å². The van der Waals surface area contributed by atoms with E-state index in [4.69, 9.17) is 11.5 Å². The van der Waals surface area contributed by atoms with Crippen LogP contribution in [0.1, 0.15) is 42.6 Å². The molecule has 5 N–H and O–H groups in total. The minimum atomic E-state index is -0.983. The van der Waals surface area contributed by atoms with Gasteiger partial charge in [0.1, 0.15) is 5.54 Å². The normalized spacial score (nSPS) is 10.6. The molecular formula is C14H22ClN3O2. The fourth-order valence-corrected chi connectivity index (χ4v) is 1.92. The molecule has 0 aromatic heterocycles. The summed E-state index contributed by atoms with van der Waals surface area (Å²) in [5, 5.41) is 2.74. The summed E-state index contributed by atoms with van der Waals surface area (Å²) in [7, 11) is 0. The minimum absolute atomic E-state index is 0. The molecule has 6 heteroatoms. The maximum absolute atomic E-state index is 12.1. The summed E-state index contributed by atoms with van der Waals surface area (Å²) in [5.74, 6) is -0.810. The second-order valence-electron chi connectivity index (χ2n) is 4.51.